The monoisotopic (exact) mass is 308 g/mol. The van der Waals surface area contributed by atoms with Crippen molar-refractivity contribution >= 4 is 11.8 Å². The summed E-state index contributed by atoms with van der Waals surface area (Å²) in [5.74, 6) is -0.233. The SMILES string of the molecule is Cc1ccc(NC2CCC(NC(=O)OC(C)(C)C)C2)c(F)c1. The number of hydrogen-bond acceptors (Lipinski definition) is 3. The Morgan fingerprint density at radius 3 is 2.59 bits per heavy atom. The fraction of sp³-hybridized carbons (Fsp3) is 0.588. The third kappa shape index (κ3) is 4.90. The first kappa shape index (κ1) is 16.6. The molecule has 1 fully saturated rings. The summed E-state index contributed by atoms with van der Waals surface area (Å²) in [6, 6.07) is 5.40. The smallest absolute Gasteiger partial charge is 0.407 e. The molecule has 4 nitrogen and oxygen atoms in total. The third-order valence-electron chi connectivity index (χ3n) is 3.64. The van der Waals surface area contributed by atoms with Gasteiger partial charge in [-0.2, -0.15) is 0 Å². The Balaban J connectivity index is 1.84. The third-order valence-corrected chi connectivity index (χ3v) is 3.64. The topological polar surface area (TPSA) is 50.4 Å². The van der Waals surface area contributed by atoms with Crippen LogP contribution in [-0.4, -0.2) is 23.8 Å². The predicted octanol–water partition coefficient (Wildman–Crippen LogP) is 3.99. The van der Waals surface area contributed by atoms with Crippen LogP contribution in [0.1, 0.15) is 45.6 Å². The van der Waals surface area contributed by atoms with Gasteiger partial charge < -0.3 is 15.4 Å². The molecule has 0 radical (unpaired) electrons. The Bertz CT molecular complexity index is 540. The molecule has 1 aromatic rings. The van der Waals surface area contributed by atoms with Gasteiger partial charge in [-0.15, -0.1) is 0 Å². The van der Waals surface area contributed by atoms with E-state index < -0.39 is 5.60 Å². The summed E-state index contributed by atoms with van der Waals surface area (Å²) in [5, 5.41) is 6.10. The van der Waals surface area contributed by atoms with Crippen LogP contribution >= 0.6 is 0 Å². The van der Waals surface area contributed by atoms with Crippen LogP contribution in [-0.2, 0) is 4.74 Å². The van der Waals surface area contributed by atoms with Crippen LogP contribution in [0.25, 0.3) is 0 Å². The van der Waals surface area contributed by atoms with Crippen LogP contribution < -0.4 is 10.6 Å². The van der Waals surface area contributed by atoms with Gasteiger partial charge in [-0.1, -0.05) is 6.07 Å². The van der Waals surface area contributed by atoms with Gasteiger partial charge in [0.2, 0.25) is 0 Å². The molecule has 1 aliphatic rings. The Kier molecular flexibility index (Phi) is 4.94. The molecule has 1 aromatic carbocycles. The molecule has 2 atom stereocenters. The summed E-state index contributed by atoms with van der Waals surface area (Å²) in [4.78, 5) is 11.8. The molecule has 0 spiro atoms. The molecule has 0 saturated heterocycles. The van der Waals surface area contributed by atoms with Crippen LogP contribution in [0.4, 0.5) is 14.9 Å². The van der Waals surface area contributed by atoms with E-state index in [1.54, 1.807) is 6.07 Å². The van der Waals surface area contributed by atoms with Gasteiger partial charge in [0.1, 0.15) is 11.4 Å². The number of benzene rings is 1. The molecule has 5 heteroatoms. The quantitative estimate of drug-likeness (QED) is 0.887. The molecule has 2 N–H and O–H groups in total. The van der Waals surface area contributed by atoms with E-state index in [-0.39, 0.29) is 24.0 Å². The first-order valence-electron chi connectivity index (χ1n) is 7.75. The number of anilines is 1. The number of amides is 1. The molecule has 0 heterocycles. The Morgan fingerprint density at radius 2 is 1.95 bits per heavy atom. The van der Waals surface area contributed by atoms with E-state index in [0.717, 1.165) is 24.8 Å². The van der Waals surface area contributed by atoms with E-state index in [2.05, 4.69) is 10.6 Å². The first-order valence-corrected chi connectivity index (χ1v) is 7.75. The fourth-order valence-corrected chi connectivity index (χ4v) is 2.68. The van der Waals surface area contributed by atoms with Crippen molar-refractivity contribution in [2.75, 3.05) is 5.32 Å². The Hall–Kier alpha value is -1.78. The van der Waals surface area contributed by atoms with Crippen molar-refractivity contribution in [3.63, 3.8) is 0 Å². The highest BCUT2D eigenvalue weighted by molar-refractivity contribution is 5.68. The normalized spacial score (nSPS) is 21.5. The maximum Gasteiger partial charge on any atom is 0.407 e. The summed E-state index contributed by atoms with van der Waals surface area (Å²) in [6.07, 6.45) is 2.14. The predicted molar refractivity (Wildman–Crippen MR) is 85.6 cm³/mol. The van der Waals surface area contributed by atoms with Crippen molar-refractivity contribution in [1.82, 2.24) is 5.32 Å². The molecule has 1 amide bonds. The maximum absolute atomic E-state index is 13.8. The summed E-state index contributed by atoms with van der Waals surface area (Å²) in [7, 11) is 0. The second kappa shape index (κ2) is 6.55. The van der Waals surface area contributed by atoms with Gasteiger partial charge in [0.15, 0.2) is 0 Å². The van der Waals surface area contributed by atoms with E-state index in [1.165, 1.54) is 6.07 Å². The molecular formula is C17H25FN2O2. The number of carbonyl (C=O) groups is 1. The molecule has 0 aromatic heterocycles. The molecule has 0 bridgehead atoms. The standard InChI is InChI=1S/C17H25FN2O2/c1-11-5-8-15(14(18)9-11)19-12-6-7-13(10-12)20-16(21)22-17(2,3)4/h5,8-9,12-13,19H,6-7,10H2,1-4H3,(H,20,21). The van der Waals surface area contributed by atoms with Crippen molar-refractivity contribution < 1.29 is 13.9 Å². The second-order valence-corrected chi connectivity index (χ2v) is 6.98. The van der Waals surface area contributed by atoms with Crippen molar-refractivity contribution in [3.05, 3.63) is 29.6 Å². The van der Waals surface area contributed by atoms with E-state index in [9.17, 15) is 9.18 Å². The maximum atomic E-state index is 13.8. The van der Waals surface area contributed by atoms with Gasteiger partial charge >= 0.3 is 6.09 Å². The van der Waals surface area contributed by atoms with Crippen molar-refractivity contribution in [2.24, 2.45) is 0 Å². The fourth-order valence-electron chi connectivity index (χ4n) is 2.68. The van der Waals surface area contributed by atoms with Crippen molar-refractivity contribution in [3.8, 4) is 0 Å². The van der Waals surface area contributed by atoms with Crippen LogP contribution in [0.3, 0.4) is 0 Å². The van der Waals surface area contributed by atoms with Crippen molar-refractivity contribution in [1.29, 1.82) is 0 Å². The molecule has 22 heavy (non-hydrogen) atoms. The van der Waals surface area contributed by atoms with Crippen LogP contribution in [0, 0.1) is 12.7 Å². The highest BCUT2D eigenvalue weighted by Crippen LogP contribution is 2.25. The zero-order valence-electron chi connectivity index (χ0n) is 13.7. The van der Waals surface area contributed by atoms with Gasteiger partial charge in [-0.25, -0.2) is 9.18 Å². The molecule has 0 aliphatic heterocycles. The second-order valence-electron chi connectivity index (χ2n) is 6.98. The number of rotatable bonds is 3. The minimum absolute atomic E-state index is 0.0702. The summed E-state index contributed by atoms with van der Waals surface area (Å²) in [6.45, 7) is 7.38. The minimum Gasteiger partial charge on any atom is -0.444 e. The first-order chi connectivity index (χ1) is 10.2. The average molecular weight is 308 g/mol. The molecule has 1 saturated carbocycles. The number of carbonyl (C=O) groups excluding carboxylic acids is 1. The van der Waals surface area contributed by atoms with Crippen LogP contribution in [0.15, 0.2) is 18.2 Å². The van der Waals surface area contributed by atoms with Gasteiger partial charge in [0.05, 0.1) is 5.69 Å². The molecular weight excluding hydrogens is 283 g/mol. The Labute approximate surface area is 131 Å². The Morgan fingerprint density at radius 1 is 1.27 bits per heavy atom. The number of aryl methyl sites for hydroxylation is 1. The van der Waals surface area contributed by atoms with Gasteiger partial charge in [0, 0.05) is 12.1 Å². The summed E-state index contributed by atoms with van der Waals surface area (Å²) >= 11 is 0. The molecule has 2 rings (SSSR count). The van der Waals surface area contributed by atoms with E-state index >= 15 is 0 Å². The van der Waals surface area contributed by atoms with E-state index in [0.29, 0.717) is 5.69 Å². The van der Waals surface area contributed by atoms with E-state index in [1.807, 2.05) is 33.8 Å². The summed E-state index contributed by atoms with van der Waals surface area (Å²) in [5.41, 5.74) is 0.929. The van der Waals surface area contributed by atoms with Crippen molar-refractivity contribution in [2.45, 2.75) is 64.6 Å². The van der Waals surface area contributed by atoms with Gasteiger partial charge in [-0.3, -0.25) is 0 Å². The van der Waals surface area contributed by atoms with Crippen LogP contribution in [0.2, 0.25) is 0 Å². The minimum atomic E-state index is -0.495. The average Bonchev–Trinajstić information content (AvgIpc) is 2.77. The summed E-state index contributed by atoms with van der Waals surface area (Å²) < 4.78 is 19.1. The molecule has 122 valence electrons. The number of hydrogen-bond donors (Lipinski definition) is 2. The lowest BCUT2D eigenvalue weighted by molar-refractivity contribution is 0.0505. The number of nitrogens with one attached hydrogen (secondary N) is 2. The number of halogens is 1. The highest BCUT2D eigenvalue weighted by Gasteiger charge is 2.28. The van der Waals surface area contributed by atoms with E-state index in [4.69, 9.17) is 4.74 Å². The largest absolute Gasteiger partial charge is 0.444 e. The van der Waals surface area contributed by atoms with Gasteiger partial charge in [0.25, 0.3) is 0 Å². The molecule has 1 aliphatic carbocycles. The van der Waals surface area contributed by atoms with Gasteiger partial charge in [-0.05, 0) is 64.7 Å². The lowest BCUT2D eigenvalue weighted by Gasteiger charge is -2.22. The van der Waals surface area contributed by atoms with Crippen LogP contribution in [0.5, 0.6) is 0 Å². The lowest BCUT2D eigenvalue weighted by Crippen LogP contribution is -2.38. The number of alkyl carbamates (subject to hydrolysis) is 1. The molecule has 2 unspecified atom stereocenters. The zero-order valence-corrected chi connectivity index (χ0v) is 13.7. The lowest BCUT2D eigenvalue weighted by atomic mass is 10.2. The highest BCUT2D eigenvalue weighted by atomic mass is 19.1. The zero-order chi connectivity index (χ0) is 16.3. The number of ether oxygens (including phenoxy) is 1.